The Balaban J connectivity index is 1.67. The van der Waals surface area contributed by atoms with Gasteiger partial charge in [0.15, 0.2) is 0 Å². The van der Waals surface area contributed by atoms with Gasteiger partial charge in [0.05, 0.1) is 17.9 Å². The van der Waals surface area contributed by atoms with Crippen molar-refractivity contribution in [3.8, 4) is 0 Å². The number of anilines is 2. The highest BCUT2D eigenvalue weighted by Crippen LogP contribution is 2.23. The van der Waals surface area contributed by atoms with Gasteiger partial charge >= 0.3 is 0 Å². The number of nitrogens with zero attached hydrogens (tertiary/aromatic N) is 6. The second-order valence-electron chi connectivity index (χ2n) is 5.31. The Labute approximate surface area is 122 Å². The number of hydrogen-bond donors (Lipinski definition) is 0. The number of likely N-dealkylation sites (N-methyl/N-ethyl adjacent to an activating group) is 1. The predicted octanol–water partition coefficient (Wildman–Crippen LogP) is 0.204. The standard InChI is InChI=1S/C14H18N6O/c1-10-15-5-4-13(17-10)18(2)12-8-20(9-12)11-6-14(21)19(3)16-7-11/h4-7,12H,8-9H2,1-3H3. The maximum absolute atomic E-state index is 11.6. The summed E-state index contributed by atoms with van der Waals surface area (Å²) >= 11 is 0. The van der Waals surface area contributed by atoms with Gasteiger partial charge in [-0.05, 0) is 13.0 Å². The van der Waals surface area contributed by atoms with E-state index in [0.29, 0.717) is 6.04 Å². The summed E-state index contributed by atoms with van der Waals surface area (Å²) in [6.45, 7) is 3.60. The van der Waals surface area contributed by atoms with Gasteiger partial charge in [0, 0.05) is 39.4 Å². The minimum absolute atomic E-state index is 0.0873. The van der Waals surface area contributed by atoms with Crippen LogP contribution in [0.15, 0.2) is 29.3 Å². The Morgan fingerprint density at radius 2 is 2.14 bits per heavy atom. The van der Waals surface area contributed by atoms with Crippen LogP contribution in [0.1, 0.15) is 5.82 Å². The highest BCUT2D eigenvalue weighted by Gasteiger charge is 2.31. The maximum Gasteiger partial charge on any atom is 0.268 e. The minimum Gasteiger partial charge on any atom is -0.366 e. The van der Waals surface area contributed by atoms with Gasteiger partial charge in [0.2, 0.25) is 0 Å². The molecule has 3 rings (SSSR count). The van der Waals surface area contributed by atoms with Gasteiger partial charge in [0.1, 0.15) is 11.6 Å². The Hall–Kier alpha value is -2.44. The largest absolute Gasteiger partial charge is 0.366 e. The summed E-state index contributed by atoms with van der Waals surface area (Å²) in [6, 6.07) is 3.91. The third-order valence-electron chi connectivity index (χ3n) is 3.85. The smallest absolute Gasteiger partial charge is 0.268 e. The monoisotopic (exact) mass is 286 g/mol. The molecule has 2 aromatic heterocycles. The van der Waals surface area contributed by atoms with E-state index in [1.54, 1.807) is 25.5 Å². The van der Waals surface area contributed by atoms with E-state index in [0.717, 1.165) is 30.4 Å². The van der Waals surface area contributed by atoms with Crippen LogP contribution < -0.4 is 15.4 Å². The van der Waals surface area contributed by atoms with Crippen LogP contribution >= 0.6 is 0 Å². The molecule has 0 amide bonds. The predicted molar refractivity (Wildman–Crippen MR) is 80.7 cm³/mol. The second kappa shape index (κ2) is 5.16. The lowest BCUT2D eigenvalue weighted by Gasteiger charge is -2.45. The van der Waals surface area contributed by atoms with Crippen LogP contribution in [-0.2, 0) is 7.05 Å². The van der Waals surface area contributed by atoms with Crippen LogP contribution in [0.3, 0.4) is 0 Å². The lowest BCUT2D eigenvalue weighted by atomic mass is 10.1. The van der Waals surface area contributed by atoms with Crippen molar-refractivity contribution in [1.82, 2.24) is 19.7 Å². The fourth-order valence-corrected chi connectivity index (χ4v) is 2.37. The van der Waals surface area contributed by atoms with Crippen LogP contribution in [0, 0.1) is 6.92 Å². The molecule has 0 radical (unpaired) electrons. The van der Waals surface area contributed by atoms with Gasteiger partial charge in [-0.2, -0.15) is 5.10 Å². The van der Waals surface area contributed by atoms with Gasteiger partial charge in [-0.15, -0.1) is 0 Å². The molecular formula is C14H18N6O. The van der Waals surface area contributed by atoms with Crippen molar-refractivity contribution in [3.63, 3.8) is 0 Å². The molecule has 1 aliphatic heterocycles. The molecule has 2 aromatic rings. The first kappa shape index (κ1) is 13.5. The topological polar surface area (TPSA) is 67.2 Å². The molecule has 0 aromatic carbocycles. The van der Waals surface area contributed by atoms with Crippen LogP contribution in [0.25, 0.3) is 0 Å². The number of aromatic nitrogens is 4. The highest BCUT2D eigenvalue weighted by atomic mass is 16.1. The zero-order chi connectivity index (χ0) is 15.0. The first-order chi connectivity index (χ1) is 10.0. The molecule has 3 heterocycles. The Morgan fingerprint density at radius 3 is 2.81 bits per heavy atom. The summed E-state index contributed by atoms with van der Waals surface area (Å²) in [5.41, 5.74) is 0.789. The first-order valence-corrected chi connectivity index (χ1v) is 6.85. The normalized spacial score (nSPS) is 14.9. The molecule has 21 heavy (non-hydrogen) atoms. The summed E-state index contributed by atoms with van der Waals surface area (Å²) in [5, 5.41) is 4.05. The third-order valence-corrected chi connectivity index (χ3v) is 3.85. The third kappa shape index (κ3) is 2.58. The van der Waals surface area contributed by atoms with Gasteiger partial charge < -0.3 is 9.80 Å². The Kier molecular flexibility index (Phi) is 3.32. The van der Waals surface area contributed by atoms with E-state index >= 15 is 0 Å². The molecule has 0 spiro atoms. The lowest BCUT2D eigenvalue weighted by molar-refractivity contribution is 0.491. The Morgan fingerprint density at radius 1 is 1.38 bits per heavy atom. The average Bonchev–Trinajstić information content (AvgIpc) is 2.41. The van der Waals surface area contributed by atoms with E-state index < -0.39 is 0 Å². The molecule has 7 nitrogen and oxygen atoms in total. The van der Waals surface area contributed by atoms with Crippen LogP contribution in [0.5, 0.6) is 0 Å². The second-order valence-corrected chi connectivity index (χ2v) is 5.31. The number of hydrogen-bond acceptors (Lipinski definition) is 6. The summed E-state index contributed by atoms with van der Waals surface area (Å²) in [5.74, 6) is 1.69. The van der Waals surface area contributed by atoms with E-state index in [1.807, 2.05) is 20.0 Å². The molecular weight excluding hydrogens is 268 g/mol. The van der Waals surface area contributed by atoms with Crippen molar-refractivity contribution in [2.24, 2.45) is 7.05 Å². The van der Waals surface area contributed by atoms with E-state index in [-0.39, 0.29) is 5.56 Å². The molecule has 0 N–H and O–H groups in total. The zero-order valence-corrected chi connectivity index (χ0v) is 12.4. The van der Waals surface area contributed by atoms with Crippen molar-refractivity contribution in [2.45, 2.75) is 13.0 Å². The van der Waals surface area contributed by atoms with Crippen LogP contribution in [0.2, 0.25) is 0 Å². The molecule has 0 saturated carbocycles. The molecule has 7 heteroatoms. The summed E-state index contributed by atoms with van der Waals surface area (Å²) in [4.78, 5) is 24.4. The van der Waals surface area contributed by atoms with Crippen LogP contribution in [-0.4, -0.2) is 45.9 Å². The fraction of sp³-hybridized carbons (Fsp3) is 0.429. The van der Waals surface area contributed by atoms with Crippen molar-refractivity contribution in [1.29, 1.82) is 0 Å². The minimum atomic E-state index is -0.0873. The summed E-state index contributed by atoms with van der Waals surface area (Å²) < 4.78 is 1.33. The van der Waals surface area contributed by atoms with Gasteiger partial charge in [-0.1, -0.05) is 0 Å². The fourth-order valence-electron chi connectivity index (χ4n) is 2.37. The molecule has 0 aliphatic carbocycles. The summed E-state index contributed by atoms with van der Waals surface area (Å²) in [7, 11) is 3.68. The lowest BCUT2D eigenvalue weighted by Crippen LogP contribution is -2.59. The number of aryl methyl sites for hydroxylation is 2. The highest BCUT2D eigenvalue weighted by molar-refractivity contribution is 5.50. The van der Waals surface area contributed by atoms with Crippen molar-refractivity contribution in [2.75, 3.05) is 29.9 Å². The molecule has 0 unspecified atom stereocenters. The molecule has 110 valence electrons. The van der Waals surface area contributed by atoms with Gasteiger partial charge in [-0.3, -0.25) is 4.79 Å². The van der Waals surface area contributed by atoms with E-state index in [4.69, 9.17) is 0 Å². The molecule has 0 bridgehead atoms. The maximum atomic E-state index is 11.6. The number of rotatable bonds is 3. The molecule has 1 fully saturated rings. The summed E-state index contributed by atoms with van der Waals surface area (Å²) in [6.07, 6.45) is 3.50. The SMILES string of the molecule is Cc1nccc(N(C)C2CN(c3cnn(C)c(=O)c3)C2)n1. The molecule has 1 aliphatic rings. The molecule has 0 atom stereocenters. The van der Waals surface area contributed by atoms with E-state index in [2.05, 4.69) is 24.9 Å². The Bertz CT molecular complexity index is 707. The van der Waals surface area contributed by atoms with Gasteiger partial charge in [-0.25, -0.2) is 14.6 Å². The van der Waals surface area contributed by atoms with Crippen molar-refractivity contribution in [3.05, 3.63) is 40.7 Å². The van der Waals surface area contributed by atoms with E-state index in [9.17, 15) is 4.79 Å². The first-order valence-electron chi connectivity index (χ1n) is 6.85. The molecule has 1 saturated heterocycles. The van der Waals surface area contributed by atoms with Crippen molar-refractivity contribution < 1.29 is 0 Å². The van der Waals surface area contributed by atoms with E-state index in [1.165, 1.54) is 4.68 Å². The average molecular weight is 286 g/mol. The quantitative estimate of drug-likeness (QED) is 0.803. The van der Waals surface area contributed by atoms with Crippen molar-refractivity contribution >= 4 is 11.5 Å². The zero-order valence-electron chi connectivity index (χ0n) is 12.4. The van der Waals surface area contributed by atoms with Crippen LogP contribution in [0.4, 0.5) is 11.5 Å². The van der Waals surface area contributed by atoms with Gasteiger partial charge in [0.25, 0.3) is 5.56 Å².